The van der Waals surface area contributed by atoms with E-state index in [1.807, 2.05) is 19.9 Å². The van der Waals surface area contributed by atoms with Gasteiger partial charge >= 0.3 is 0 Å². The number of hydrogen-bond donors (Lipinski definition) is 2. The lowest BCUT2D eigenvalue weighted by atomic mass is 9.95. The number of hydrogen-bond acceptors (Lipinski definition) is 4. The predicted octanol–water partition coefficient (Wildman–Crippen LogP) is 1.28. The van der Waals surface area contributed by atoms with Crippen LogP contribution in [0.25, 0.3) is 5.65 Å². The topological polar surface area (TPSA) is 89.5 Å². The van der Waals surface area contributed by atoms with Crippen molar-refractivity contribution in [2.75, 3.05) is 6.54 Å². The molecule has 1 amide bonds. The van der Waals surface area contributed by atoms with E-state index in [2.05, 4.69) is 10.3 Å². The van der Waals surface area contributed by atoms with Crippen LogP contribution in [-0.4, -0.2) is 27.4 Å². The van der Waals surface area contributed by atoms with E-state index in [1.54, 1.807) is 12.3 Å². The maximum absolute atomic E-state index is 12.5. The molecule has 0 radical (unpaired) electrons. The van der Waals surface area contributed by atoms with E-state index in [9.17, 15) is 9.59 Å². The molecule has 0 spiro atoms. The fourth-order valence-electron chi connectivity index (χ4n) is 2.71. The molecule has 7 heteroatoms. The summed E-state index contributed by atoms with van der Waals surface area (Å²) in [7, 11) is 0. The summed E-state index contributed by atoms with van der Waals surface area (Å²) in [5.41, 5.74) is 6.48. The van der Waals surface area contributed by atoms with Crippen LogP contribution in [0.5, 0.6) is 0 Å². The molecule has 1 aliphatic carbocycles. The molecule has 1 aliphatic rings. The van der Waals surface area contributed by atoms with Gasteiger partial charge in [0.1, 0.15) is 11.2 Å². The van der Waals surface area contributed by atoms with Gasteiger partial charge in [0.2, 0.25) is 0 Å². The minimum absolute atomic E-state index is 0. The van der Waals surface area contributed by atoms with Crippen LogP contribution in [0.1, 0.15) is 35.7 Å². The number of aryl methyl sites for hydroxylation is 1. The van der Waals surface area contributed by atoms with Gasteiger partial charge in [-0.05, 0) is 44.2 Å². The number of carbonyl (C=O) groups is 1. The van der Waals surface area contributed by atoms with Crippen LogP contribution in [0, 0.1) is 12.8 Å². The number of nitrogens with one attached hydrogen (secondary N) is 1. The van der Waals surface area contributed by atoms with Gasteiger partial charge in [0.05, 0.1) is 5.54 Å². The fraction of sp³-hybridized carbons (Fsp3) is 0.438. The van der Waals surface area contributed by atoms with Gasteiger partial charge in [0, 0.05) is 18.9 Å². The summed E-state index contributed by atoms with van der Waals surface area (Å²) in [4.78, 5) is 29.2. The van der Waals surface area contributed by atoms with E-state index in [0.717, 1.165) is 18.4 Å². The Kier molecular flexibility index (Phi) is 4.77. The first kappa shape index (κ1) is 17.4. The zero-order valence-electron chi connectivity index (χ0n) is 13.2. The second kappa shape index (κ2) is 6.29. The first-order valence-electron chi connectivity index (χ1n) is 7.45. The van der Waals surface area contributed by atoms with Gasteiger partial charge in [0.15, 0.2) is 0 Å². The highest BCUT2D eigenvalue weighted by Gasteiger charge is 2.41. The molecule has 3 rings (SSSR count). The number of nitrogens with two attached hydrogens (primary N) is 1. The third-order valence-corrected chi connectivity index (χ3v) is 4.40. The minimum atomic E-state index is -0.463. The summed E-state index contributed by atoms with van der Waals surface area (Å²) in [6.07, 6.45) is 5.14. The molecule has 2 aromatic heterocycles. The molecular weight excluding hydrogens is 316 g/mol. The third kappa shape index (κ3) is 3.23. The summed E-state index contributed by atoms with van der Waals surface area (Å²) in [6, 6.07) is 3.63. The Morgan fingerprint density at radius 3 is 2.78 bits per heavy atom. The number of amides is 1. The third-order valence-electron chi connectivity index (χ3n) is 4.40. The van der Waals surface area contributed by atoms with Crippen LogP contribution in [0.4, 0.5) is 0 Å². The Bertz CT molecular complexity index is 800. The SMILES string of the molecule is Cc1ccc2ncc(C(=O)NC(C)(CN)C3CC3)c(=O)n2c1.Cl. The maximum atomic E-state index is 12.5. The maximum Gasteiger partial charge on any atom is 0.270 e. The van der Waals surface area contributed by atoms with E-state index in [-0.39, 0.29) is 23.5 Å². The number of fused-ring (bicyclic) bond motifs is 1. The quantitative estimate of drug-likeness (QED) is 0.880. The van der Waals surface area contributed by atoms with Crippen molar-refractivity contribution in [1.29, 1.82) is 0 Å². The summed E-state index contributed by atoms with van der Waals surface area (Å²) in [6.45, 7) is 4.17. The Hall–Kier alpha value is -1.92. The van der Waals surface area contributed by atoms with Crippen molar-refractivity contribution in [2.24, 2.45) is 11.7 Å². The van der Waals surface area contributed by atoms with Crippen LogP contribution in [-0.2, 0) is 0 Å². The van der Waals surface area contributed by atoms with Gasteiger partial charge in [-0.2, -0.15) is 0 Å². The van der Waals surface area contributed by atoms with Crippen molar-refractivity contribution in [3.05, 3.63) is 46.0 Å². The first-order valence-corrected chi connectivity index (χ1v) is 7.45. The average Bonchev–Trinajstić information content (AvgIpc) is 3.33. The molecule has 0 aromatic carbocycles. The molecule has 1 fully saturated rings. The zero-order valence-corrected chi connectivity index (χ0v) is 14.0. The Balaban J connectivity index is 0.00000192. The smallest absolute Gasteiger partial charge is 0.270 e. The minimum Gasteiger partial charge on any atom is -0.345 e. The van der Waals surface area contributed by atoms with Gasteiger partial charge < -0.3 is 11.1 Å². The molecule has 6 nitrogen and oxygen atoms in total. The fourth-order valence-corrected chi connectivity index (χ4v) is 2.71. The number of pyridine rings is 1. The van der Waals surface area contributed by atoms with Gasteiger partial charge in [-0.15, -0.1) is 12.4 Å². The molecular formula is C16H21ClN4O2. The van der Waals surface area contributed by atoms with E-state index < -0.39 is 11.4 Å². The lowest BCUT2D eigenvalue weighted by Gasteiger charge is -2.29. The van der Waals surface area contributed by atoms with Crippen LogP contribution in [0.3, 0.4) is 0 Å². The average molecular weight is 337 g/mol. The van der Waals surface area contributed by atoms with Crippen molar-refractivity contribution in [3.8, 4) is 0 Å². The molecule has 124 valence electrons. The van der Waals surface area contributed by atoms with Crippen LogP contribution in [0.2, 0.25) is 0 Å². The highest BCUT2D eigenvalue weighted by molar-refractivity contribution is 5.94. The molecule has 23 heavy (non-hydrogen) atoms. The standard InChI is InChI=1S/C16H20N4O2.ClH/c1-10-3-6-13-18-7-12(15(22)20(13)8-10)14(21)19-16(2,9-17)11-4-5-11;/h3,6-8,11H,4-5,9,17H2,1-2H3,(H,19,21);1H. The number of carbonyl (C=O) groups excluding carboxylic acids is 1. The molecule has 2 heterocycles. The Labute approximate surface area is 140 Å². The molecule has 0 saturated heterocycles. The van der Waals surface area contributed by atoms with Gasteiger partial charge in [-0.3, -0.25) is 14.0 Å². The van der Waals surface area contributed by atoms with Crippen LogP contribution < -0.4 is 16.6 Å². The molecule has 1 unspecified atom stereocenters. The zero-order chi connectivity index (χ0) is 15.9. The summed E-state index contributed by atoms with van der Waals surface area (Å²) < 4.78 is 1.40. The lowest BCUT2D eigenvalue weighted by molar-refractivity contribution is 0.0895. The van der Waals surface area contributed by atoms with Gasteiger partial charge in [-0.1, -0.05) is 6.07 Å². The van der Waals surface area contributed by atoms with Crippen LogP contribution in [0.15, 0.2) is 29.3 Å². The van der Waals surface area contributed by atoms with Crippen molar-refractivity contribution in [2.45, 2.75) is 32.2 Å². The molecule has 2 aromatic rings. The summed E-state index contributed by atoms with van der Waals surface area (Å²) in [5, 5.41) is 2.92. The molecule has 1 saturated carbocycles. The second-order valence-corrected chi connectivity index (χ2v) is 6.26. The van der Waals surface area contributed by atoms with Gasteiger partial charge in [0.25, 0.3) is 11.5 Å². The van der Waals surface area contributed by atoms with Crippen molar-refractivity contribution >= 4 is 24.0 Å². The normalized spacial score (nSPS) is 16.5. The largest absolute Gasteiger partial charge is 0.345 e. The summed E-state index contributed by atoms with van der Waals surface area (Å²) in [5.74, 6) is -0.0203. The van der Waals surface area contributed by atoms with Crippen molar-refractivity contribution < 1.29 is 4.79 Å². The second-order valence-electron chi connectivity index (χ2n) is 6.26. The lowest BCUT2D eigenvalue weighted by Crippen LogP contribution is -2.54. The molecule has 0 bridgehead atoms. The first-order chi connectivity index (χ1) is 10.4. The van der Waals surface area contributed by atoms with E-state index in [1.165, 1.54) is 10.6 Å². The number of rotatable bonds is 4. The monoisotopic (exact) mass is 336 g/mol. The van der Waals surface area contributed by atoms with Gasteiger partial charge in [-0.25, -0.2) is 4.98 Å². The van der Waals surface area contributed by atoms with Crippen molar-refractivity contribution in [1.82, 2.24) is 14.7 Å². The molecule has 1 atom stereocenters. The predicted molar refractivity (Wildman–Crippen MR) is 91.1 cm³/mol. The number of nitrogens with zero attached hydrogens (tertiary/aromatic N) is 2. The highest BCUT2D eigenvalue weighted by Crippen LogP contribution is 2.39. The highest BCUT2D eigenvalue weighted by atomic mass is 35.5. The number of aromatic nitrogens is 2. The Morgan fingerprint density at radius 1 is 1.48 bits per heavy atom. The van der Waals surface area contributed by atoms with Crippen LogP contribution >= 0.6 is 12.4 Å². The van der Waals surface area contributed by atoms with E-state index >= 15 is 0 Å². The van der Waals surface area contributed by atoms with E-state index in [0.29, 0.717) is 18.1 Å². The molecule has 3 N–H and O–H groups in total. The molecule has 0 aliphatic heterocycles. The van der Waals surface area contributed by atoms with E-state index in [4.69, 9.17) is 5.73 Å². The number of halogens is 1. The summed E-state index contributed by atoms with van der Waals surface area (Å²) >= 11 is 0. The van der Waals surface area contributed by atoms with Crippen molar-refractivity contribution in [3.63, 3.8) is 0 Å². The Morgan fingerprint density at radius 2 is 2.17 bits per heavy atom.